The molecule has 0 fully saturated rings. The summed E-state index contributed by atoms with van der Waals surface area (Å²) in [5.74, 6) is 1.27. The highest BCUT2D eigenvalue weighted by Gasteiger charge is 2.34. The van der Waals surface area contributed by atoms with Gasteiger partial charge in [0.05, 0.1) is 29.5 Å². The molecule has 4 aromatic rings. The lowest BCUT2D eigenvalue weighted by atomic mass is 9.95. The molecular formula is C28H23BrN2O5S. The molecule has 9 heteroatoms. The van der Waals surface area contributed by atoms with Crippen LogP contribution in [0.2, 0.25) is 0 Å². The van der Waals surface area contributed by atoms with Gasteiger partial charge in [0, 0.05) is 21.7 Å². The van der Waals surface area contributed by atoms with Crippen molar-refractivity contribution in [2.24, 2.45) is 4.99 Å². The average Bonchev–Trinajstić information content (AvgIpc) is 3.48. The molecule has 0 unspecified atom stereocenters. The summed E-state index contributed by atoms with van der Waals surface area (Å²) >= 11 is 4.72. The van der Waals surface area contributed by atoms with Crippen LogP contribution in [0.3, 0.4) is 0 Å². The molecule has 1 aliphatic rings. The van der Waals surface area contributed by atoms with Gasteiger partial charge < -0.3 is 13.9 Å². The number of aromatic nitrogens is 1. The van der Waals surface area contributed by atoms with Crippen LogP contribution in [0.5, 0.6) is 5.75 Å². The van der Waals surface area contributed by atoms with Crippen molar-refractivity contribution < 1.29 is 18.7 Å². The summed E-state index contributed by atoms with van der Waals surface area (Å²) in [7, 11) is 1.56. The number of methoxy groups -OCH3 is 1. The summed E-state index contributed by atoms with van der Waals surface area (Å²) in [6.45, 7) is 3.70. The van der Waals surface area contributed by atoms with Crippen molar-refractivity contribution in [2.75, 3.05) is 13.7 Å². The average molecular weight is 579 g/mol. The van der Waals surface area contributed by atoms with Gasteiger partial charge in [0.25, 0.3) is 5.56 Å². The minimum atomic E-state index is -0.748. The van der Waals surface area contributed by atoms with Gasteiger partial charge in [-0.25, -0.2) is 9.79 Å². The van der Waals surface area contributed by atoms with Crippen LogP contribution < -0.4 is 19.6 Å². The first-order chi connectivity index (χ1) is 17.9. The Kier molecular flexibility index (Phi) is 6.99. The van der Waals surface area contributed by atoms with Crippen molar-refractivity contribution in [3.8, 4) is 17.1 Å². The maximum Gasteiger partial charge on any atom is 0.338 e. The fraction of sp³-hybridized carbons (Fsp3) is 0.179. The standard InChI is InChI=1S/C28H23BrN2O5S/c1-4-35-27(33)24-16(2)30-28-31(25(24)20-10-5-6-11-22(20)34-3)26(32)23(37-28)15-19-12-13-21(36-19)17-8-7-9-18(29)14-17/h5-15,25H,4H2,1-3H3/b23-15-/t25-/m1/s1. The number of furan rings is 1. The maximum atomic E-state index is 13.8. The van der Waals surface area contributed by atoms with Crippen LogP contribution in [0, 0.1) is 0 Å². The number of ether oxygens (including phenoxy) is 2. The first-order valence-electron chi connectivity index (χ1n) is 11.6. The van der Waals surface area contributed by atoms with E-state index in [0.717, 1.165) is 10.0 Å². The Labute approximate surface area is 225 Å². The number of hydrogen-bond donors (Lipinski definition) is 0. The van der Waals surface area contributed by atoms with E-state index in [1.807, 2.05) is 54.6 Å². The van der Waals surface area contributed by atoms with Gasteiger partial charge in [0.1, 0.15) is 23.3 Å². The van der Waals surface area contributed by atoms with Crippen LogP contribution in [0.1, 0.15) is 31.2 Å². The van der Waals surface area contributed by atoms with Crippen LogP contribution >= 0.6 is 27.3 Å². The lowest BCUT2D eigenvalue weighted by Gasteiger charge is -2.25. The Hall–Kier alpha value is -3.69. The third kappa shape index (κ3) is 4.72. The van der Waals surface area contributed by atoms with Crippen LogP contribution in [0.25, 0.3) is 17.4 Å². The molecule has 1 aliphatic heterocycles. The normalized spacial score (nSPS) is 15.4. The van der Waals surface area contributed by atoms with Gasteiger partial charge in [0.2, 0.25) is 0 Å². The predicted octanol–water partition coefficient (Wildman–Crippen LogP) is 4.83. The summed E-state index contributed by atoms with van der Waals surface area (Å²) in [6, 6.07) is 18.1. The molecule has 2 aromatic heterocycles. The van der Waals surface area contributed by atoms with Crippen molar-refractivity contribution in [1.29, 1.82) is 0 Å². The van der Waals surface area contributed by atoms with Gasteiger partial charge >= 0.3 is 5.97 Å². The van der Waals surface area contributed by atoms with Gasteiger partial charge in [0.15, 0.2) is 4.80 Å². The number of carbonyl (C=O) groups is 1. The Morgan fingerprint density at radius 3 is 2.76 bits per heavy atom. The molecule has 0 spiro atoms. The molecule has 0 amide bonds. The Balaban J connectivity index is 1.67. The molecule has 5 rings (SSSR count). The summed E-state index contributed by atoms with van der Waals surface area (Å²) in [5.41, 5.74) is 2.11. The number of para-hydroxylation sites is 1. The van der Waals surface area contributed by atoms with Crippen molar-refractivity contribution in [1.82, 2.24) is 4.57 Å². The summed E-state index contributed by atoms with van der Waals surface area (Å²) in [6.07, 6.45) is 1.70. The number of fused-ring (bicyclic) bond motifs is 1. The zero-order chi connectivity index (χ0) is 26.1. The second kappa shape index (κ2) is 10.4. The van der Waals surface area contributed by atoms with E-state index in [1.54, 1.807) is 33.1 Å². The van der Waals surface area contributed by atoms with Gasteiger partial charge in [-0.1, -0.05) is 57.6 Å². The van der Waals surface area contributed by atoms with Crippen LogP contribution in [0.4, 0.5) is 0 Å². The SMILES string of the molecule is CCOC(=O)C1=C(C)N=c2s/c(=C\c3ccc(-c4cccc(Br)c4)o3)c(=O)n2[C@@H]1c1ccccc1OC. The van der Waals surface area contributed by atoms with Gasteiger partial charge in [-0.2, -0.15) is 0 Å². The van der Waals surface area contributed by atoms with Crippen molar-refractivity contribution >= 4 is 39.3 Å². The van der Waals surface area contributed by atoms with E-state index in [-0.39, 0.29) is 12.2 Å². The first kappa shape index (κ1) is 25.0. The predicted molar refractivity (Wildman–Crippen MR) is 145 cm³/mol. The molecule has 2 aromatic carbocycles. The largest absolute Gasteiger partial charge is 0.496 e. The Bertz CT molecular complexity index is 1710. The number of allylic oxidation sites excluding steroid dienone is 1. The topological polar surface area (TPSA) is 83.0 Å². The minimum Gasteiger partial charge on any atom is -0.496 e. The van der Waals surface area contributed by atoms with Crippen molar-refractivity contribution in [3.63, 3.8) is 0 Å². The monoisotopic (exact) mass is 578 g/mol. The number of hydrogen-bond acceptors (Lipinski definition) is 7. The number of thiazole rings is 1. The highest BCUT2D eigenvalue weighted by molar-refractivity contribution is 9.10. The third-order valence-corrected chi connectivity index (χ3v) is 7.44. The highest BCUT2D eigenvalue weighted by atomic mass is 79.9. The molecular weight excluding hydrogens is 556 g/mol. The van der Waals surface area contributed by atoms with Gasteiger partial charge in [-0.3, -0.25) is 9.36 Å². The first-order valence-corrected chi connectivity index (χ1v) is 13.2. The molecule has 7 nitrogen and oxygen atoms in total. The smallest absolute Gasteiger partial charge is 0.338 e. The van der Waals surface area contributed by atoms with Crippen molar-refractivity contribution in [2.45, 2.75) is 19.9 Å². The van der Waals surface area contributed by atoms with E-state index in [1.165, 1.54) is 15.9 Å². The number of halogens is 1. The third-order valence-electron chi connectivity index (χ3n) is 5.96. The number of esters is 1. The minimum absolute atomic E-state index is 0.206. The molecule has 0 saturated carbocycles. The van der Waals surface area contributed by atoms with E-state index < -0.39 is 12.0 Å². The van der Waals surface area contributed by atoms with Crippen LogP contribution in [-0.2, 0) is 9.53 Å². The maximum absolute atomic E-state index is 13.8. The summed E-state index contributed by atoms with van der Waals surface area (Å²) < 4.78 is 19.9. The molecule has 0 bridgehead atoms. The lowest BCUT2D eigenvalue weighted by Crippen LogP contribution is -2.40. The number of benzene rings is 2. The van der Waals surface area contributed by atoms with E-state index in [2.05, 4.69) is 20.9 Å². The van der Waals surface area contributed by atoms with Gasteiger partial charge in [-0.05, 0) is 44.2 Å². The highest BCUT2D eigenvalue weighted by Crippen LogP contribution is 2.35. The molecule has 1 atom stereocenters. The molecule has 0 saturated heterocycles. The quantitative estimate of drug-likeness (QED) is 0.306. The molecule has 3 heterocycles. The van der Waals surface area contributed by atoms with Gasteiger partial charge in [-0.15, -0.1) is 0 Å². The fourth-order valence-electron chi connectivity index (χ4n) is 4.33. The number of nitrogens with zero attached hydrogens (tertiary/aromatic N) is 2. The van der Waals surface area contributed by atoms with Crippen molar-refractivity contribution in [3.05, 3.63) is 107 Å². The fourth-order valence-corrected chi connectivity index (χ4v) is 5.76. The van der Waals surface area contributed by atoms with E-state index in [9.17, 15) is 9.59 Å². The van der Waals surface area contributed by atoms with E-state index in [0.29, 0.717) is 43.4 Å². The molecule has 188 valence electrons. The zero-order valence-electron chi connectivity index (χ0n) is 20.4. The Morgan fingerprint density at radius 1 is 1.19 bits per heavy atom. The molecule has 37 heavy (non-hydrogen) atoms. The molecule has 0 aliphatic carbocycles. The van der Waals surface area contributed by atoms with Crippen LogP contribution in [0.15, 0.2) is 90.6 Å². The summed E-state index contributed by atoms with van der Waals surface area (Å²) in [5, 5.41) is 0. The second-order valence-corrected chi connectivity index (χ2v) is 10.2. The van der Waals surface area contributed by atoms with E-state index >= 15 is 0 Å². The summed E-state index contributed by atoms with van der Waals surface area (Å²) in [4.78, 5) is 31.9. The van der Waals surface area contributed by atoms with Crippen LogP contribution in [-0.4, -0.2) is 24.3 Å². The zero-order valence-corrected chi connectivity index (χ0v) is 22.8. The lowest BCUT2D eigenvalue weighted by molar-refractivity contribution is -0.139. The number of rotatable bonds is 6. The number of carbonyl (C=O) groups excluding carboxylic acids is 1. The second-order valence-electron chi connectivity index (χ2n) is 8.26. The molecule has 0 radical (unpaired) electrons. The Morgan fingerprint density at radius 2 is 2.00 bits per heavy atom. The molecule has 0 N–H and O–H groups in total. The van der Waals surface area contributed by atoms with E-state index in [4.69, 9.17) is 13.9 Å².